The monoisotopic (exact) mass is 279 g/mol. The Kier molecular flexibility index (Phi) is 4.05. The summed E-state index contributed by atoms with van der Waals surface area (Å²) in [7, 11) is 1.60. The minimum absolute atomic E-state index is 0.271. The van der Waals surface area contributed by atoms with Crippen LogP contribution in [-0.2, 0) is 6.54 Å². The van der Waals surface area contributed by atoms with Crippen LogP contribution in [0, 0.1) is 5.82 Å². The molecule has 5 heteroatoms. The van der Waals surface area contributed by atoms with Crippen molar-refractivity contribution in [2.45, 2.75) is 44.7 Å². The number of nitrogens with one attached hydrogen (secondary N) is 1. The molecule has 0 aromatic carbocycles. The van der Waals surface area contributed by atoms with Crippen molar-refractivity contribution in [1.29, 1.82) is 0 Å². The largest absolute Gasteiger partial charge is 0.481 e. The van der Waals surface area contributed by atoms with Gasteiger partial charge in [0.1, 0.15) is 0 Å². The summed E-state index contributed by atoms with van der Waals surface area (Å²) < 4.78 is 19.5. The molecular weight excluding hydrogens is 257 g/mol. The van der Waals surface area contributed by atoms with Gasteiger partial charge in [0.05, 0.1) is 7.11 Å². The molecule has 1 saturated heterocycles. The Balaban J connectivity index is 1.76. The first kappa shape index (κ1) is 13.6. The van der Waals surface area contributed by atoms with E-state index in [2.05, 4.69) is 15.2 Å². The lowest BCUT2D eigenvalue weighted by Crippen LogP contribution is -2.28. The summed E-state index contributed by atoms with van der Waals surface area (Å²) >= 11 is 0. The fourth-order valence-corrected chi connectivity index (χ4v) is 2.83. The average Bonchev–Trinajstić information content (AvgIpc) is 2.88. The minimum atomic E-state index is -0.271. The first-order chi connectivity index (χ1) is 9.76. The minimum Gasteiger partial charge on any atom is -0.481 e. The summed E-state index contributed by atoms with van der Waals surface area (Å²) in [6.07, 6.45) is 5.85. The van der Waals surface area contributed by atoms with E-state index in [0.29, 0.717) is 17.7 Å². The number of anilines is 1. The number of hydrogen-bond acceptors (Lipinski definition) is 4. The van der Waals surface area contributed by atoms with E-state index in [4.69, 9.17) is 4.74 Å². The molecular formula is C15H22FN3O. The Hall–Kier alpha value is -1.36. The predicted octanol–water partition coefficient (Wildman–Crippen LogP) is 2.79. The van der Waals surface area contributed by atoms with Gasteiger partial charge in [-0.25, -0.2) is 4.39 Å². The highest BCUT2D eigenvalue weighted by atomic mass is 19.1. The van der Waals surface area contributed by atoms with Gasteiger partial charge in [-0.05, 0) is 51.3 Å². The second-order valence-corrected chi connectivity index (χ2v) is 5.74. The zero-order valence-corrected chi connectivity index (χ0v) is 12.0. The van der Waals surface area contributed by atoms with E-state index in [1.807, 2.05) is 0 Å². The van der Waals surface area contributed by atoms with Crippen molar-refractivity contribution >= 4 is 5.82 Å². The molecule has 1 N–H and O–H groups in total. The third kappa shape index (κ3) is 2.87. The van der Waals surface area contributed by atoms with Crippen molar-refractivity contribution in [3.63, 3.8) is 0 Å². The second-order valence-electron chi connectivity index (χ2n) is 5.74. The van der Waals surface area contributed by atoms with Gasteiger partial charge in [-0.15, -0.1) is 0 Å². The van der Waals surface area contributed by atoms with Crippen molar-refractivity contribution in [2.24, 2.45) is 0 Å². The Morgan fingerprint density at radius 2 is 2.10 bits per heavy atom. The second kappa shape index (κ2) is 5.95. The predicted molar refractivity (Wildman–Crippen MR) is 76.5 cm³/mol. The lowest BCUT2D eigenvalue weighted by molar-refractivity contribution is 0.316. The number of likely N-dealkylation sites (tertiary alicyclic amines) is 1. The van der Waals surface area contributed by atoms with Crippen molar-refractivity contribution in [1.82, 2.24) is 9.88 Å². The SMILES string of the molecule is COc1nc(NC2CCC2)c(F)cc1CN1CCCC1. The highest BCUT2D eigenvalue weighted by Gasteiger charge is 2.22. The number of pyridine rings is 1. The van der Waals surface area contributed by atoms with E-state index >= 15 is 0 Å². The van der Waals surface area contributed by atoms with Crippen LogP contribution in [0.2, 0.25) is 0 Å². The maximum Gasteiger partial charge on any atom is 0.219 e. The van der Waals surface area contributed by atoms with Crippen LogP contribution in [0.3, 0.4) is 0 Å². The van der Waals surface area contributed by atoms with Gasteiger partial charge < -0.3 is 10.1 Å². The molecule has 110 valence electrons. The number of halogens is 1. The Morgan fingerprint density at radius 3 is 2.70 bits per heavy atom. The quantitative estimate of drug-likeness (QED) is 0.899. The van der Waals surface area contributed by atoms with Crippen LogP contribution in [0.5, 0.6) is 5.88 Å². The van der Waals surface area contributed by atoms with Crippen LogP contribution in [-0.4, -0.2) is 36.1 Å². The van der Waals surface area contributed by atoms with E-state index in [0.717, 1.165) is 38.0 Å². The third-order valence-electron chi connectivity index (χ3n) is 4.25. The van der Waals surface area contributed by atoms with Crippen molar-refractivity contribution in [3.8, 4) is 5.88 Å². The number of nitrogens with zero attached hydrogens (tertiary/aromatic N) is 2. The van der Waals surface area contributed by atoms with Crippen LogP contribution in [0.25, 0.3) is 0 Å². The van der Waals surface area contributed by atoms with Crippen molar-refractivity contribution < 1.29 is 9.13 Å². The third-order valence-corrected chi connectivity index (χ3v) is 4.25. The van der Waals surface area contributed by atoms with Gasteiger partial charge in [-0.1, -0.05) is 0 Å². The maximum absolute atomic E-state index is 14.2. The molecule has 1 saturated carbocycles. The van der Waals surface area contributed by atoms with E-state index in [-0.39, 0.29) is 5.82 Å². The molecule has 2 fully saturated rings. The summed E-state index contributed by atoms with van der Waals surface area (Å²) in [4.78, 5) is 6.64. The Bertz CT molecular complexity index is 470. The van der Waals surface area contributed by atoms with Gasteiger partial charge in [0.2, 0.25) is 5.88 Å². The van der Waals surface area contributed by atoms with Gasteiger partial charge in [0.15, 0.2) is 11.6 Å². The van der Waals surface area contributed by atoms with Gasteiger partial charge in [-0.3, -0.25) is 4.90 Å². The first-order valence-electron chi connectivity index (χ1n) is 7.48. The van der Waals surface area contributed by atoms with Crippen molar-refractivity contribution in [2.75, 3.05) is 25.5 Å². The fourth-order valence-electron chi connectivity index (χ4n) is 2.83. The van der Waals surface area contributed by atoms with Crippen LogP contribution in [0.1, 0.15) is 37.7 Å². The van der Waals surface area contributed by atoms with E-state index in [1.165, 1.54) is 19.3 Å². The molecule has 0 radical (unpaired) electrons. The average molecular weight is 279 g/mol. The standard InChI is InChI=1S/C15H22FN3O/c1-20-15-11(10-19-7-2-3-8-19)9-13(16)14(18-15)17-12-5-4-6-12/h9,12H,2-8,10H2,1H3,(H,17,18). The smallest absolute Gasteiger partial charge is 0.219 e. The van der Waals surface area contributed by atoms with E-state index in [1.54, 1.807) is 13.2 Å². The van der Waals surface area contributed by atoms with Crippen LogP contribution >= 0.6 is 0 Å². The van der Waals surface area contributed by atoms with Gasteiger partial charge >= 0.3 is 0 Å². The van der Waals surface area contributed by atoms with Crippen LogP contribution < -0.4 is 10.1 Å². The molecule has 2 heterocycles. The summed E-state index contributed by atoms with van der Waals surface area (Å²) in [5, 5.41) is 3.16. The van der Waals surface area contributed by atoms with Crippen LogP contribution in [0.15, 0.2) is 6.07 Å². The molecule has 20 heavy (non-hydrogen) atoms. The maximum atomic E-state index is 14.2. The van der Waals surface area contributed by atoms with Crippen molar-refractivity contribution in [3.05, 3.63) is 17.4 Å². The molecule has 0 unspecified atom stereocenters. The zero-order chi connectivity index (χ0) is 13.9. The topological polar surface area (TPSA) is 37.4 Å². The molecule has 2 aliphatic rings. The number of methoxy groups -OCH3 is 1. The summed E-state index contributed by atoms with van der Waals surface area (Å²) in [5.74, 6) is 0.601. The lowest BCUT2D eigenvalue weighted by Gasteiger charge is -2.27. The molecule has 0 atom stereocenters. The number of ether oxygens (including phenoxy) is 1. The number of aromatic nitrogens is 1. The highest BCUT2D eigenvalue weighted by Crippen LogP contribution is 2.28. The van der Waals surface area contributed by atoms with Gasteiger partial charge in [0, 0.05) is 18.2 Å². The van der Waals surface area contributed by atoms with E-state index in [9.17, 15) is 4.39 Å². The molecule has 1 aromatic rings. The molecule has 1 aromatic heterocycles. The Morgan fingerprint density at radius 1 is 1.35 bits per heavy atom. The molecule has 1 aliphatic carbocycles. The highest BCUT2D eigenvalue weighted by molar-refractivity contribution is 5.44. The molecule has 0 bridgehead atoms. The van der Waals surface area contributed by atoms with Gasteiger partial charge in [0.25, 0.3) is 0 Å². The Labute approximate surface area is 119 Å². The number of hydrogen-bond donors (Lipinski definition) is 1. The molecule has 4 nitrogen and oxygen atoms in total. The molecule has 0 amide bonds. The summed E-state index contributed by atoms with van der Waals surface area (Å²) in [6, 6.07) is 1.94. The molecule has 1 aliphatic heterocycles. The van der Waals surface area contributed by atoms with Crippen LogP contribution in [0.4, 0.5) is 10.2 Å². The summed E-state index contributed by atoms with van der Waals surface area (Å²) in [6.45, 7) is 2.87. The number of rotatable bonds is 5. The molecule has 3 rings (SSSR count). The van der Waals surface area contributed by atoms with Gasteiger partial charge in [-0.2, -0.15) is 4.98 Å². The summed E-state index contributed by atoms with van der Waals surface area (Å²) in [5.41, 5.74) is 0.839. The van der Waals surface area contributed by atoms with E-state index < -0.39 is 0 Å². The first-order valence-corrected chi connectivity index (χ1v) is 7.48. The fraction of sp³-hybridized carbons (Fsp3) is 0.667. The normalized spacial score (nSPS) is 19.9. The lowest BCUT2D eigenvalue weighted by atomic mass is 9.93. The molecule has 0 spiro atoms. The zero-order valence-electron chi connectivity index (χ0n) is 12.0.